The SMILES string of the molecule is CCCCN1CC(C)=Cc2ccccc21. The second kappa shape index (κ2) is 4.52. The lowest BCUT2D eigenvalue weighted by atomic mass is 10.0. The van der Waals surface area contributed by atoms with Gasteiger partial charge in [0.25, 0.3) is 0 Å². The summed E-state index contributed by atoms with van der Waals surface area (Å²) >= 11 is 0. The molecule has 0 saturated heterocycles. The van der Waals surface area contributed by atoms with Crippen LogP contribution in [0, 0.1) is 0 Å². The molecular formula is C14H19N. The third kappa shape index (κ3) is 2.23. The molecule has 15 heavy (non-hydrogen) atoms. The number of rotatable bonds is 3. The van der Waals surface area contributed by atoms with Gasteiger partial charge in [0.05, 0.1) is 0 Å². The van der Waals surface area contributed by atoms with E-state index >= 15 is 0 Å². The zero-order valence-corrected chi connectivity index (χ0v) is 9.66. The number of hydrogen-bond acceptors (Lipinski definition) is 1. The highest BCUT2D eigenvalue weighted by molar-refractivity contribution is 5.72. The molecule has 1 aromatic rings. The summed E-state index contributed by atoms with van der Waals surface area (Å²) in [6.45, 7) is 6.74. The standard InChI is InChI=1S/C14H19N/c1-3-4-9-15-11-12(2)10-13-7-5-6-8-14(13)15/h5-8,10H,3-4,9,11H2,1-2H3. The molecule has 1 aliphatic heterocycles. The molecule has 1 aliphatic rings. The molecule has 0 bridgehead atoms. The summed E-state index contributed by atoms with van der Waals surface area (Å²) in [5, 5.41) is 0. The van der Waals surface area contributed by atoms with Crippen LogP contribution in [-0.2, 0) is 0 Å². The van der Waals surface area contributed by atoms with Gasteiger partial charge in [-0.25, -0.2) is 0 Å². The van der Waals surface area contributed by atoms with Crippen molar-refractivity contribution in [3.05, 3.63) is 35.4 Å². The molecule has 0 unspecified atom stereocenters. The summed E-state index contributed by atoms with van der Waals surface area (Å²) in [5.41, 5.74) is 4.23. The fraction of sp³-hybridized carbons (Fsp3) is 0.429. The lowest BCUT2D eigenvalue weighted by Crippen LogP contribution is -2.28. The van der Waals surface area contributed by atoms with E-state index in [1.807, 2.05) is 0 Å². The van der Waals surface area contributed by atoms with E-state index < -0.39 is 0 Å². The number of benzene rings is 1. The average molecular weight is 201 g/mol. The number of hydrogen-bond donors (Lipinski definition) is 0. The molecule has 1 nitrogen and oxygen atoms in total. The van der Waals surface area contributed by atoms with Gasteiger partial charge < -0.3 is 4.90 Å². The lowest BCUT2D eigenvalue weighted by molar-refractivity contribution is 0.735. The third-order valence-electron chi connectivity index (χ3n) is 2.90. The van der Waals surface area contributed by atoms with Gasteiger partial charge in [-0.15, -0.1) is 0 Å². The highest BCUT2D eigenvalue weighted by Gasteiger charge is 2.14. The van der Waals surface area contributed by atoms with Crippen molar-refractivity contribution in [2.75, 3.05) is 18.0 Å². The maximum absolute atomic E-state index is 2.49. The predicted molar refractivity (Wildman–Crippen MR) is 67.2 cm³/mol. The summed E-state index contributed by atoms with van der Waals surface area (Å²) in [6, 6.07) is 8.68. The molecule has 1 heterocycles. The Morgan fingerprint density at radius 3 is 2.87 bits per heavy atom. The molecule has 0 radical (unpaired) electrons. The topological polar surface area (TPSA) is 3.24 Å². The molecule has 80 valence electrons. The van der Waals surface area contributed by atoms with Crippen molar-refractivity contribution in [1.82, 2.24) is 0 Å². The minimum atomic E-state index is 1.09. The first-order valence-electron chi connectivity index (χ1n) is 5.82. The van der Waals surface area contributed by atoms with Gasteiger partial charge in [-0.1, -0.05) is 43.2 Å². The summed E-state index contributed by atoms with van der Waals surface area (Å²) < 4.78 is 0. The summed E-state index contributed by atoms with van der Waals surface area (Å²) in [7, 11) is 0. The summed E-state index contributed by atoms with van der Waals surface area (Å²) in [6.07, 6.45) is 4.85. The van der Waals surface area contributed by atoms with Crippen LogP contribution in [0.5, 0.6) is 0 Å². The van der Waals surface area contributed by atoms with Gasteiger partial charge in [0.2, 0.25) is 0 Å². The molecule has 0 amide bonds. The van der Waals surface area contributed by atoms with Gasteiger partial charge >= 0.3 is 0 Å². The van der Waals surface area contributed by atoms with Gasteiger partial charge in [0.15, 0.2) is 0 Å². The zero-order valence-electron chi connectivity index (χ0n) is 9.66. The van der Waals surface area contributed by atoms with E-state index in [0.29, 0.717) is 0 Å². The molecule has 0 aliphatic carbocycles. The molecule has 1 heteroatoms. The number of unbranched alkanes of at least 4 members (excludes halogenated alkanes) is 1. The van der Waals surface area contributed by atoms with Gasteiger partial charge in [-0.3, -0.25) is 0 Å². The van der Waals surface area contributed by atoms with Crippen LogP contribution in [0.25, 0.3) is 6.08 Å². The highest BCUT2D eigenvalue weighted by Crippen LogP contribution is 2.28. The van der Waals surface area contributed by atoms with Crippen molar-refractivity contribution < 1.29 is 0 Å². The second-order valence-electron chi connectivity index (χ2n) is 4.32. The smallest absolute Gasteiger partial charge is 0.0442 e. The molecule has 0 N–H and O–H groups in total. The maximum Gasteiger partial charge on any atom is 0.0442 e. The van der Waals surface area contributed by atoms with E-state index in [1.54, 1.807) is 0 Å². The Morgan fingerprint density at radius 2 is 2.07 bits per heavy atom. The van der Waals surface area contributed by atoms with Gasteiger partial charge in [-0.2, -0.15) is 0 Å². The molecule has 0 saturated carbocycles. The van der Waals surface area contributed by atoms with Crippen LogP contribution in [0.4, 0.5) is 5.69 Å². The van der Waals surface area contributed by atoms with Gasteiger partial charge in [-0.05, 0) is 25.0 Å². The number of nitrogens with zero attached hydrogens (tertiary/aromatic N) is 1. The van der Waals surface area contributed by atoms with E-state index in [9.17, 15) is 0 Å². The van der Waals surface area contributed by atoms with Crippen molar-refractivity contribution in [3.8, 4) is 0 Å². The average Bonchev–Trinajstić information content (AvgIpc) is 2.25. The fourth-order valence-electron chi connectivity index (χ4n) is 2.14. The first-order valence-corrected chi connectivity index (χ1v) is 5.82. The van der Waals surface area contributed by atoms with Crippen LogP contribution in [-0.4, -0.2) is 13.1 Å². The number of fused-ring (bicyclic) bond motifs is 1. The van der Waals surface area contributed by atoms with E-state index in [2.05, 4.69) is 49.1 Å². The molecule has 0 fully saturated rings. The normalized spacial score (nSPS) is 14.8. The summed E-state index contributed by atoms with van der Waals surface area (Å²) in [4.78, 5) is 2.49. The van der Waals surface area contributed by atoms with Gasteiger partial charge in [0.1, 0.15) is 0 Å². The van der Waals surface area contributed by atoms with Crippen molar-refractivity contribution in [2.24, 2.45) is 0 Å². The first kappa shape index (κ1) is 10.3. The van der Waals surface area contributed by atoms with Crippen molar-refractivity contribution in [2.45, 2.75) is 26.7 Å². The van der Waals surface area contributed by atoms with E-state index in [-0.39, 0.29) is 0 Å². The number of para-hydroxylation sites is 1. The van der Waals surface area contributed by atoms with Crippen LogP contribution < -0.4 is 4.90 Å². The zero-order chi connectivity index (χ0) is 10.7. The predicted octanol–water partition coefficient (Wildman–Crippen LogP) is 3.71. The van der Waals surface area contributed by atoms with Gasteiger partial charge in [0, 0.05) is 18.8 Å². The highest BCUT2D eigenvalue weighted by atomic mass is 15.1. The fourth-order valence-corrected chi connectivity index (χ4v) is 2.14. The van der Waals surface area contributed by atoms with Crippen LogP contribution >= 0.6 is 0 Å². The van der Waals surface area contributed by atoms with Crippen LogP contribution in [0.2, 0.25) is 0 Å². The molecule has 0 spiro atoms. The van der Waals surface area contributed by atoms with Crippen molar-refractivity contribution >= 4 is 11.8 Å². The Hall–Kier alpha value is -1.24. The molecule has 0 aromatic heterocycles. The Morgan fingerprint density at radius 1 is 1.27 bits per heavy atom. The monoisotopic (exact) mass is 201 g/mol. The largest absolute Gasteiger partial charge is 0.367 e. The van der Waals surface area contributed by atoms with Crippen molar-refractivity contribution in [3.63, 3.8) is 0 Å². The van der Waals surface area contributed by atoms with E-state index in [4.69, 9.17) is 0 Å². The first-order chi connectivity index (χ1) is 7.31. The minimum absolute atomic E-state index is 1.09. The molecule has 2 rings (SSSR count). The quantitative estimate of drug-likeness (QED) is 0.720. The van der Waals surface area contributed by atoms with Crippen molar-refractivity contribution in [1.29, 1.82) is 0 Å². The van der Waals surface area contributed by atoms with Crippen LogP contribution in [0.1, 0.15) is 32.3 Å². The van der Waals surface area contributed by atoms with Crippen LogP contribution in [0.15, 0.2) is 29.8 Å². The Balaban J connectivity index is 2.25. The Kier molecular flexibility index (Phi) is 3.10. The Labute approximate surface area is 92.4 Å². The second-order valence-corrected chi connectivity index (χ2v) is 4.32. The lowest BCUT2D eigenvalue weighted by Gasteiger charge is -2.30. The number of anilines is 1. The third-order valence-corrected chi connectivity index (χ3v) is 2.90. The van der Waals surface area contributed by atoms with E-state index in [0.717, 1.165) is 6.54 Å². The van der Waals surface area contributed by atoms with Crippen LogP contribution in [0.3, 0.4) is 0 Å². The van der Waals surface area contributed by atoms with E-state index in [1.165, 1.54) is 36.2 Å². The molecular weight excluding hydrogens is 182 g/mol. The maximum atomic E-state index is 2.49. The minimum Gasteiger partial charge on any atom is -0.367 e. The molecule has 0 atom stereocenters. The molecule has 1 aromatic carbocycles. The summed E-state index contributed by atoms with van der Waals surface area (Å²) in [5.74, 6) is 0. The Bertz CT molecular complexity index is 365.